The van der Waals surface area contributed by atoms with Gasteiger partial charge in [-0.15, -0.1) is 0 Å². The van der Waals surface area contributed by atoms with Crippen molar-refractivity contribution in [2.45, 2.75) is 54.4 Å². The summed E-state index contributed by atoms with van der Waals surface area (Å²) in [5, 5.41) is 12.9. The lowest BCUT2D eigenvalue weighted by Crippen LogP contribution is -2.12. The molecule has 0 heteroatoms. The summed E-state index contributed by atoms with van der Waals surface area (Å²) in [7, 11) is 0. The minimum atomic E-state index is 0.476. The Labute approximate surface area is 369 Å². The number of unbranched alkanes of at least 4 members (excludes halogenated alkanes) is 1. The summed E-state index contributed by atoms with van der Waals surface area (Å²) in [4.78, 5) is 0. The SMILES string of the molecule is C=C/C(=C(C)\C=C/C)C1C=CC=CC1C.CCCC.Cc1ccc(-c2cc(-c3ccc4ccccc4c3)c3ccc4ccc(-c5ccc6ccccc6c5)c5ccc2c3c45)cc1. The number of hydrogen-bond donors (Lipinski definition) is 0. The van der Waals surface area contributed by atoms with Crippen molar-refractivity contribution in [3.05, 3.63) is 217 Å². The van der Waals surface area contributed by atoms with E-state index in [9.17, 15) is 0 Å². The molecular weight excluding hydrogens is 745 g/mol. The average Bonchev–Trinajstić information content (AvgIpc) is 3.31. The molecule has 0 spiro atoms. The zero-order chi connectivity index (χ0) is 43.2. The molecule has 2 unspecified atom stereocenters. The molecule has 9 aromatic carbocycles. The van der Waals surface area contributed by atoms with Crippen LogP contribution >= 0.6 is 0 Å². The molecule has 10 rings (SSSR count). The molecule has 9 aromatic rings. The summed E-state index contributed by atoms with van der Waals surface area (Å²) in [5.41, 5.74) is 11.5. The van der Waals surface area contributed by atoms with Crippen molar-refractivity contribution in [3.63, 3.8) is 0 Å². The van der Waals surface area contributed by atoms with Gasteiger partial charge in [0, 0.05) is 5.92 Å². The van der Waals surface area contributed by atoms with Gasteiger partial charge in [0.05, 0.1) is 0 Å². The Bertz CT molecular complexity index is 3140. The van der Waals surface area contributed by atoms with Crippen LogP contribution in [0.3, 0.4) is 0 Å². The lowest BCUT2D eigenvalue weighted by Gasteiger charge is -2.23. The highest BCUT2D eigenvalue weighted by molar-refractivity contribution is 6.30. The van der Waals surface area contributed by atoms with Gasteiger partial charge in [0.1, 0.15) is 0 Å². The van der Waals surface area contributed by atoms with E-state index in [4.69, 9.17) is 0 Å². The molecular formula is C62H58. The first-order valence-electron chi connectivity index (χ1n) is 22.4. The lowest BCUT2D eigenvalue weighted by atomic mass is 9.82. The van der Waals surface area contributed by atoms with Crippen molar-refractivity contribution in [2.24, 2.45) is 11.8 Å². The molecule has 0 bridgehead atoms. The average molecular weight is 803 g/mol. The van der Waals surface area contributed by atoms with E-state index in [1.54, 1.807) is 0 Å². The first-order valence-corrected chi connectivity index (χ1v) is 22.4. The van der Waals surface area contributed by atoms with Crippen LogP contribution in [0.5, 0.6) is 0 Å². The molecule has 0 aromatic heterocycles. The van der Waals surface area contributed by atoms with Gasteiger partial charge < -0.3 is 0 Å². The van der Waals surface area contributed by atoms with Crippen molar-refractivity contribution < 1.29 is 0 Å². The maximum Gasteiger partial charge on any atom is 0.00837 e. The van der Waals surface area contributed by atoms with Crippen LogP contribution in [0, 0.1) is 18.8 Å². The smallest absolute Gasteiger partial charge is 0.00837 e. The zero-order valence-electron chi connectivity index (χ0n) is 37.3. The van der Waals surface area contributed by atoms with E-state index in [0.29, 0.717) is 11.8 Å². The standard InChI is InChI=1S/C43H28.C15H20.C4H10/c1-27-10-12-30(13-11-27)40-26-41(35-17-15-29-7-3-5-9-33(29)25-35)38-21-19-31-18-20-36(37-22-23-39(40)43(38)42(31)37)34-16-14-28-6-2-4-8-32(28)24-34;1-5-9-12(3)14(6-2)15-11-8-7-10-13(15)4;1-3-4-2/h2-26H,1H3;5-11,13,15H,2H2,1,3-4H3;3-4H2,1-2H3/b;9-5-,14-12+;. The van der Waals surface area contributed by atoms with Gasteiger partial charge >= 0.3 is 0 Å². The van der Waals surface area contributed by atoms with Crippen LogP contribution in [0.2, 0.25) is 0 Å². The van der Waals surface area contributed by atoms with E-state index in [1.165, 1.54) is 117 Å². The number of benzene rings is 9. The van der Waals surface area contributed by atoms with Gasteiger partial charge in [0.15, 0.2) is 0 Å². The Morgan fingerprint density at radius 2 is 1.03 bits per heavy atom. The van der Waals surface area contributed by atoms with Gasteiger partial charge in [-0.3, -0.25) is 0 Å². The molecule has 0 aliphatic heterocycles. The minimum absolute atomic E-state index is 0.476. The number of rotatable bonds is 7. The van der Waals surface area contributed by atoms with Crippen LogP contribution in [0.1, 0.15) is 53.0 Å². The topological polar surface area (TPSA) is 0 Å². The van der Waals surface area contributed by atoms with E-state index in [2.05, 4.69) is 229 Å². The number of fused-ring (bicyclic) bond motifs is 2. The summed E-state index contributed by atoms with van der Waals surface area (Å²) in [6, 6.07) is 56.4. The van der Waals surface area contributed by atoms with Crippen LogP contribution in [0.25, 0.3) is 87.2 Å². The largest absolute Gasteiger partial charge is 0.0988 e. The van der Waals surface area contributed by atoms with Crippen LogP contribution in [-0.2, 0) is 0 Å². The van der Waals surface area contributed by atoms with Crippen molar-refractivity contribution in [1.29, 1.82) is 0 Å². The highest BCUT2D eigenvalue weighted by atomic mass is 14.2. The Hall–Kier alpha value is -6.76. The second-order valence-corrected chi connectivity index (χ2v) is 16.8. The Morgan fingerprint density at radius 1 is 0.532 bits per heavy atom. The molecule has 306 valence electrons. The van der Waals surface area contributed by atoms with Gasteiger partial charge in [0.25, 0.3) is 0 Å². The van der Waals surface area contributed by atoms with E-state index in [-0.39, 0.29) is 0 Å². The molecule has 0 saturated heterocycles. The molecule has 62 heavy (non-hydrogen) atoms. The molecule has 1 aliphatic rings. The molecule has 0 fully saturated rings. The maximum atomic E-state index is 3.92. The summed E-state index contributed by atoms with van der Waals surface area (Å²) in [6.07, 6.45) is 17.6. The predicted molar refractivity (Wildman–Crippen MR) is 275 cm³/mol. The molecule has 0 radical (unpaired) electrons. The quantitative estimate of drug-likeness (QED) is 0.111. The molecule has 0 saturated carbocycles. The van der Waals surface area contributed by atoms with Crippen LogP contribution in [0.15, 0.2) is 212 Å². The van der Waals surface area contributed by atoms with E-state index in [0.717, 1.165) is 0 Å². The fraction of sp³-hybridized carbons (Fsp3) is 0.161. The van der Waals surface area contributed by atoms with Gasteiger partial charge in [-0.2, -0.15) is 0 Å². The minimum Gasteiger partial charge on any atom is -0.0988 e. The lowest BCUT2D eigenvalue weighted by molar-refractivity contribution is 0.583. The summed E-state index contributed by atoms with van der Waals surface area (Å²) in [6.45, 7) is 16.9. The molecule has 2 atom stereocenters. The van der Waals surface area contributed by atoms with Crippen molar-refractivity contribution >= 4 is 53.9 Å². The fourth-order valence-electron chi connectivity index (χ4n) is 9.08. The molecule has 0 N–H and O–H groups in total. The number of allylic oxidation sites excluding steroid dienone is 9. The third kappa shape index (κ3) is 8.44. The summed E-state index contributed by atoms with van der Waals surface area (Å²) in [5.74, 6) is 1.03. The van der Waals surface area contributed by atoms with Gasteiger partial charge in [-0.05, 0) is 143 Å². The normalized spacial score (nSPS) is 15.2. The Morgan fingerprint density at radius 3 is 1.61 bits per heavy atom. The zero-order valence-corrected chi connectivity index (χ0v) is 37.3. The summed E-state index contributed by atoms with van der Waals surface area (Å²) >= 11 is 0. The fourth-order valence-corrected chi connectivity index (χ4v) is 9.08. The predicted octanol–water partition coefficient (Wildman–Crippen LogP) is 18.4. The monoisotopic (exact) mass is 802 g/mol. The Balaban J connectivity index is 0.000000234. The van der Waals surface area contributed by atoms with Crippen LogP contribution in [0.4, 0.5) is 0 Å². The number of aryl methyl sites for hydroxylation is 1. The van der Waals surface area contributed by atoms with Crippen LogP contribution < -0.4 is 0 Å². The van der Waals surface area contributed by atoms with Crippen molar-refractivity contribution in [1.82, 2.24) is 0 Å². The van der Waals surface area contributed by atoms with E-state index in [1.807, 2.05) is 13.0 Å². The van der Waals surface area contributed by atoms with Crippen molar-refractivity contribution in [3.8, 4) is 33.4 Å². The summed E-state index contributed by atoms with van der Waals surface area (Å²) < 4.78 is 0. The molecule has 1 aliphatic carbocycles. The highest BCUT2D eigenvalue weighted by Crippen LogP contribution is 2.46. The molecule has 0 amide bonds. The maximum absolute atomic E-state index is 3.92. The van der Waals surface area contributed by atoms with Gasteiger partial charge in [-0.25, -0.2) is 0 Å². The van der Waals surface area contributed by atoms with Gasteiger partial charge in [0.2, 0.25) is 0 Å². The van der Waals surface area contributed by atoms with Crippen LogP contribution in [-0.4, -0.2) is 0 Å². The third-order valence-corrected chi connectivity index (χ3v) is 12.6. The Kier molecular flexibility index (Phi) is 12.8. The van der Waals surface area contributed by atoms with E-state index < -0.39 is 0 Å². The second kappa shape index (κ2) is 18.9. The van der Waals surface area contributed by atoms with E-state index >= 15 is 0 Å². The molecule has 0 heterocycles. The first-order chi connectivity index (χ1) is 30.3. The van der Waals surface area contributed by atoms with Crippen molar-refractivity contribution in [2.75, 3.05) is 0 Å². The highest BCUT2D eigenvalue weighted by Gasteiger charge is 2.20. The third-order valence-electron chi connectivity index (χ3n) is 12.6. The second-order valence-electron chi connectivity index (χ2n) is 16.8. The van der Waals surface area contributed by atoms with Gasteiger partial charge in [-0.1, -0.05) is 222 Å². The first kappa shape index (κ1) is 42.0. The molecule has 0 nitrogen and oxygen atoms in total. The number of hydrogen-bond acceptors (Lipinski definition) is 0.